The predicted octanol–water partition coefficient (Wildman–Crippen LogP) is 3.00. The minimum atomic E-state index is -0.591. The number of benzene rings is 1. The van der Waals surface area contributed by atoms with Crippen LogP contribution in [0.15, 0.2) is 30.3 Å². The second kappa shape index (κ2) is 7.29. The van der Waals surface area contributed by atoms with Crippen molar-refractivity contribution in [3.63, 3.8) is 0 Å². The van der Waals surface area contributed by atoms with Crippen molar-refractivity contribution < 1.29 is 19.0 Å². The third-order valence-corrected chi connectivity index (χ3v) is 6.16. The highest BCUT2D eigenvalue weighted by Crippen LogP contribution is 2.48. The molecule has 142 valence electrons. The molecule has 1 aliphatic carbocycles. The number of nitrogens with one attached hydrogen (secondary N) is 1. The Balaban J connectivity index is 1.38. The Labute approximate surface area is 155 Å². The van der Waals surface area contributed by atoms with Crippen LogP contribution in [0.3, 0.4) is 0 Å². The first-order valence-corrected chi connectivity index (χ1v) is 9.79. The lowest BCUT2D eigenvalue weighted by Gasteiger charge is -2.51. The number of hydrogen-bond acceptors (Lipinski definition) is 4. The van der Waals surface area contributed by atoms with Gasteiger partial charge in [0.1, 0.15) is 6.10 Å². The summed E-state index contributed by atoms with van der Waals surface area (Å²) in [5.41, 5.74) is 1.15. The molecule has 1 saturated carbocycles. The first-order valence-electron chi connectivity index (χ1n) is 9.79. The Kier molecular flexibility index (Phi) is 5.04. The van der Waals surface area contributed by atoms with E-state index in [1.807, 2.05) is 30.3 Å². The minimum absolute atomic E-state index is 0.0751. The smallest absolute Gasteiger partial charge is 0.252 e. The fraction of sp³-hybridized carbons (Fsp3) is 0.667. The Bertz CT molecular complexity index is 630. The highest BCUT2D eigenvalue weighted by molar-refractivity contribution is 5.81. The summed E-state index contributed by atoms with van der Waals surface area (Å²) < 4.78 is 17.7. The molecule has 3 fully saturated rings. The van der Waals surface area contributed by atoms with Gasteiger partial charge in [-0.2, -0.15) is 0 Å². The van der Waals surface area contributed by atoms with E-state index >= 15 is 0 Å². The standard InChI is InChI=1S/C21H29NO4/c1-20(10-11-26-21(14-20)8-5-9-21)15-22-19(23)18-17(24-12-13-25-18)16-6-3-2-4-7-16/h2-4,6-7,17-18H,5,8-15H2,1H3,(H,22,23)/t17-,18-,20?/m1/s1. The maximum Gasteiger partial charge on any atom is 0.252 e. The molecule has 4 rings (SSSR count). The van der Waals surface area contributed by atoms with Gasteiger partial charge in [0.2, 0.25) is 0 Å². The van der Waals surface area contributed by atoms with Crippen molar-refractivity contribution in [3.8, 4) is 0 Å². The molecule has 1 unspecified atom stereocenters. The number of rotatable bonds is 4. The second-order valence-electron chi connectivity index (χ2n) is 8.33. The van der Waals surface area contributed by atoms with Crippen LogP contribution in [0.1, 0.15) is 50.7 Å². The van der Waals surface area contributed by atoms with E-state index in [0.29, 0.717) is 19.8 Å². The maximum atomic E-state index is 12.9. The molecule has 0 aromatic heterocycles. The van der Waals surface area contributed by atoms with E-state index < -0.39 is 6.10 Å². The van der Waals surface area contributed by atoms with E-state index in [0.717, 1.165) is 37.9 Å². The fourth-order valence-electron chi connectivity index (χ4n) is 4.53. The molecule has 3 aliphatic rings. The van der Waals surface area contributed by atoms with Crippen molar-refractivity contribution in [1.29, 1.82) is 0 Å². The Hall–Kier alpha value is -1.43. The number of hydrogen-bond donors (Lipinski definition) is 1. The summed E-state index contributed by atoms with van der Waals surface area (Å²) in [6.45, 7) is 4.69. The van der Waals surface area contributed by atoms with E-state index in [2.05, 4.69) is 12.2 Å². The van der Waals surface area contributed by atoms with Gasteiger partial charge in [0.05, 0.1) is 18.8 Å². The van der Waals surface area contributed by atoms with Gasteiger partial charge in [-0.05, 0) is 43.1 Å². The molecule has 2 saturated heterocycles. The first-order chi connectivity index (χ1) is 12.6. The zero-order valence-corrected chi connectivity index (χ0v) is 15.5. The summed E-state index contributed by atoms with van der Waals surface area (Å²) in [7, 11) is 0. The summed E-state index contributed by atoms with van der Waals surface area (Å²) in [6, 6.07) is 9.86. The van der Waals surface area contributed by atoms with Crippen LogP contribution < -0.4 is 5.32 Å². The largest absolute Gasteiger partial charge is 0.375 e. The SMILES string of the molecule is CC1(CNC(=O)[C@@H]2OCCO[C@@H]2c2ccccc2)CCOC2(CCC2)C1. The van der Waals surface area contributed by atoms with Crippen LogP contribution in [0.5, 0.6) is 0 Å². The predicted molar refractivity (Wildman–Crippen MR) is 97.8 cm³/mol. The molecule has 3 atom stereocenters. The fourth-order valence-corrected chi connectivity index (χ4v) is 4.53. The van der Waals surface area contributed by atoms with Crippen LogP contribution in [0.2, 0.25) is 0 Å². The van der Waals surface area contributed by atoms with Crippen LogP contribution in [-0.4, -0.2) is 44.0 Å². The molecule has 1 aromatic rings. The molecule has 5 nitrogen and oxygen atoms in total. The van der Waals surface area contributed by atoms with Gasteiger partial charge in [-0.3, -0.25) is 4.79 Å². The van der Waals surface area contributed by atoms with Gasteiger partial charge < -0.3 is 19.5 Å². The third kappa shape index (κ3) is 3.66. The van der Waals surface area contributed by atoms with Crippen LogP contribution in [0.25, 0.3) is 0 Å². The molecule has 26 heavy (non-hydrogen) atoms. The lowest BCUT2D eigenvalue weighted by molar-refractivity contribution is -0.172. The third-order valence-electron chi connectivity index (χ3n) is 6.16. The molecule has 2 heterocycles. The number of amides is 1. The summed E-state index contributed by atoms with van der Waals surface area (Å²) in [5.74, 6) is -0.0751. The van der Waals surface area contributed by atoms with E-state index in [1.54, 1.807) is 0 Å². The zero-order chi connectivity index (χ0) is 18.0. The normalized spacial score (nSPS) is 33.4. The van der Waals surface area contributed by atoms with E-state index in [1.165, 1.54) is 6.42 Å². The molecular weight excluding hydrogens is 330 g/mol. The van der Waals surface area contributed by atoms with Gasteiger partial charge in [0, 0.05) is 13.2 Å². The van der Waals surface area contributed by atoms with Crippen molar-refractivity contribution in [1.82, 2.24) is 5.32 Å². The average molecular weight is 359 g/mol. The topological polar surface area (TPSA) is 56.8 Å². The highest BCUT2D eigenvalue weighted by Gasteiger charge is 2.47. The second-order valence-corrected chi connectivity index (χ2v) is 8.33. The summed E-state index contributed by atoms with van der Waals surface area (Å²) in [5, 5.41) is 3.15. The molecule has 2 aliphatic heterocycles. The molecule has 0 radical (unpaired) electrons. The van der Waals surface area contributed by atoms with E-state index in [-0.39, 0.29) is 23.0 Å². The van der Waals surface area contributed by atoms with Gasteiger partial charge in [0.25, 0.3) is 5.91 Å². The highest BCUT2D eigenvalue weighted by atomic mass is 16.6. The minimum Gasteiger partial charge on any atom is -0.375 e. The summed E-state index contributed by atoms with van der Waals surface area (Å²) in [4.78, 5) is 12.9. The van der Waals surface area contributed by atoms with Crippen LogP contribution in [0, 0.1) is 5.41 Å². The van der Waals surface area contributed by atoms with Crippen molar-refractivity contribution in [2.24, 2.45) is 5.41 Å². The van der Waals surface area contributed by atoms with E-state index in [4.69, 9.17) is 14.2 Å². The lowest BCUT2D eigenvalue weighted by Crippen LogP contribution is -2.53. The average Bonchev–Trinajstić information content (AvgIpc) is 2.66. The molecule has 1 amide bonds. The molecule has 1 aromatic carbocycles. The monoisotopic (exact) mass is 359 g/mol. The van der Waals surface area contributed by atoms with Crippen molar-refractivity contribution in [2.75, 3.05) is 26.4 Å². The van der Waals surface area contributed by atoms with Crippen molar-refractivity contribution in [3.05, 3.63) is 35.9 Å². The maximum absolute atomic E-state index is 12.9. The van der Waals surface area contributed by atoms with Gasteiger partial charge in [-0.1, -0.05) is 37.3 Å². The summed E-state index contributed by atoms with van der Waals surface area (Å²) in [6.07, 6.45) is 4.66. The summed E-state index contributed by atoms with van der Waals surface area (Å²) >= 11 is 0. The van der Waals surface area contributed by atoms with Crippen LogP contribution in [-0.2, 0) is 19.0 Å². The lowest BCUT2D eigenvalue weighted by atomic mass is 9.66. The molecule has 0 bridgehead atoms. The Morgan fingerprint density at radius 1 is 1.12 bits per heavy atom. The van der Waals surface area contributed by atoms with Crippen molar-refractivity contribution in [2.45, 2.75) is 56.8 Å². The number of ether oxygens (including phenoxy) is 3. The van der Waals surface area contributed by atoms with Gasteiger partial charge >= 0.3 is 0 Å². The molecule has 1 N–H and O–H groups in total. The first kappa shape index (κ1) is 18.0. The van der Waals surface area contributed by atoms with Crippen LogP contribution >= 0.6 is 0 Å². The number of carbonyl (C=O) groups is 1. The van der Waals surface area contributed by atoms with Crippen LogP contribution in [0.4, 0.5) is 0 Å². The van der Waals surface area contributed by atoms with Gasteiger partial charge in [-0.25, -0.2) is 0 Å². The molecule has 5 heteroatoms. The molecule has 1 spiro atoms. The van der Waals surface area contributed by atoms with Gasteiger partial charge in [-0.15, -0.1) is 0 Å². The van der Waals surface area contributed by atoms with E-state index in [9.17, 15) is 4.79 Å². The molecular formula is C21H29NO4. The Morgan fingerprint density at radius 3 is 2.62 bits per heavy atom. The van der Waals surface area contributed by atoms with Gasteiger partial charge in [0.15, 0.2) is 6.10 Å². The van der Waals surface area contributed by atoms with Crippen molar-refractivity contribution >= 4 is 5.91 Å². The Morgan fingerprint density at radius 2 is 1.88 bits per heavy atom. The number of carbonyl (C=O) groups excluding carboxylic acids is 1. The zero-order valence-electron chi connectivity index (χ0n) is 15.5. The quantitative estimate of drug-likeness (QED) is 0.898.